The molecular weight excluding hydrogens is 256 g/mol. The Morgan fingerprint density at radius 1 is 1.50 bits per heavy atom. The predicted octanol–water partition coefficient (Wildman–Crippen LogP) is 2.19. The van der Waals surface area contributed by atoms with Gasteiger partial charge in [0.05, 0.1) is 12.6 Å². The van der Waals surface area contributed by atoms with E-state index in [9.17, 15) is 14.7 Å². The third-order valence-corrected chi connectivity index (χ3v) is 3.84. The highest BCUT2D eigenvalue weighted by atomic mass is 16.3. The number of amides is 2. The summed E-state index contributed by atoms with van der Waals surface area (Å²) in [7, 11) is 0. The molecule has 1 saturated heterocycles. The van der Waals surface area contributed by atoms with Crippen molar-refractivity contribution >= 4 is 18.0 Å². The number of aliphatic hydroxyl groups excluding tert-OH is 1. The topological polar surface area (TPSA) is 69.6 Å². The van der Waals surface area contributed by atoms with E-state index in [-0.39, 0.29) is 18.7 Å². The molecule has 1 aromatic rings. The largest absolute Gasteiger partial charge is 0.394 e. The van der Waals surface area contributed by atoms with Gasteiger partial charge in [-0.15, -0.1) is 0 Å². The minimum Gasteiger partial charge on any atom is -0.394 e. The van der Waals surface area contributed by atoms with E-state index < -0.39 is 0 Å². The van der Waals surface area contributed by atoms with E-state index in [2.05, 4.69) is 5.32 Å². The number of rotatable bonds is 3. The Balaban J connectivity index is 2.13. The Morgan fingerprint density at radius 3 is 3.00 bits per heavy atom. The van der Waals surface area contributed by atoms with Crippen molar-refractivity contribution in [1.82, 2.24) is 4.90 Å². The maximum atomic E-state index is 12.3. The maximum Gasteiger partial charge on any atom is 0.322 e. The molecule has 1 aliphatic rings. The van der Waals surface area contributed by atoms with Crippen molar-refractivity contribution in [3.63, 3.8) is 0 Å². The summed E-state index contributed by atoms with van der Waals surface area (Å²) in [6.07, 6.45) is 3.60. The Hall–Kier alpha value is -1.88. The van der Waals surface area contributed by atoms with Gasteiger partial charge in [0.15, 0.2) is 0 Å². The molecule has 2 amide bonds. The van der Waals surface area contributed by atoms with Gasteiger partial charge in [-0.25, -0.2) is 4.79 Å². The predicted molar refractivity (Wildman–Crippen MR) is 77.0 cm³/mol. The molecule has 1 unspecified atom stereocenters. The molecule has 5 nitrogen and oxygen atoms in total. The Kier molecular flexibility index (Phi) is 4.74. The molecule has 0 radical (unpaired) electrons. The number of benzene rings is 1. The summed E-state index contributed by atoms with van der Waals surface area (Å²) in [6, 6.07) is 4.91. The molecule has 0 aliphatic carbocycles. The number of piperidine rings is 1. The van der Waals surface area contributed by atoms with Crippen LogP contribution in [0, 0.1) is 6.92 Å². The van der Waals surface area contributed by atoms with Crippen LogP contribution >= 0.6 is 0 Å². The lowest BCUT2D eigenvalue weighted by molar-refractivity contribution is 0.112. The van der Waals surface area contributed by atoms with Crippen LogP contribution in [0.25, 0.3) is 0 Å². The number of aldehydes is 1. The second kappa shape index (κ2) is 6.52. The molecular formula is C15H20N2O3. The number of urea groups is 1. The number of anilines is 1. The van der Waals surface area contributed by atoms with Crippen LogP contribution in [0.2, 0.25) is 0 Å². The van der Waals surface area contributed by atoms with Crippen molar-refractivity contribution in [2.75, 3.05) is 18.5 Å². The van der Waals surface area contributed by atoms with Crippen LogP contribution in [0.4, 0.5) is 10.5 Å². The number of hydrogen-bond donors (Lipinski definition) is 2. The van der Waals surface area contributed by atoms with Gasteiger partial charge in [-0.1, -0.05) is 12.1 Å². The minimum atomic E-state index is -0.213. The van der Waals surface area contributed by atoms with Gasteiger partial charge < -0.3 is 15.3 Å². The summed E-state index contributed by atoms with van der Waals surface area (Å²) >= 11 is 0. The van der Waals surface area contributed by atoms with E-state index >= 15 is 0 Å². The zero-order valence-corrected chi connectivity index (χ0v) is 11.6. The molecule has 1 atom stereocenters. The molecule has 0 spiro atoms. The van der Waals surface area contributed by atoms with Gasteiger partial charge in [0.2, 0.25) is 0 Å². The first-order valence-corrected chi connectivity index (χ1v) is 6.90. The van der Waals surface area contributed by atoms with Gasteiger partial charge in [0.1, 0.15) is 6.29 Å². The second-order valence-corrected chi connectivity index (χ2v) is 5.09. The summed E-state index contributed by atoms with van der Waals surface area (Å²) in [6.45, 7) is 2.45. The minimum absolute atomic E-state index is 0.0131. The standard InChI is InChI=1S/C15H20N2O3/c1-11-12(9-18)5-4-7-14(11)16-15(20)17-8-3-2-6-13(17)10-19/h4-5,7,9,13,19H,2-3,6,8,10H2,1H3,(H,16,20). The fraction of sp³-hybridized carbons (Fsp3) is 0.467. The van der Waals surface area contributed by atoms with Crippen LogP contribution in [0.15, 0.2) is 18.2 Å². The second-order valence-electron chi connectivity index (χ2n) is 5.09. The van der Waals surface area contributed by atoms with Crippen molar-refractivity contribution in [3.8, 4) is 0 Å². The molecule has 0 bridgehead atoms. The Bertz CT molecular complexity index is 502. The van der Waals surface area contributed by atoms with Crippen molar-refractivity contribution < 1.29 is 14.7 Å². The van der Waals surface area contributed by atoms with Crippen LogP contribution < -0.4 is 5.32 Å². The molecule has 1 heterocycles. The maximum absolute atomic E-state index is 12.3. The molecule has 5 heteroatoms. The molecule has 108 valence electrons. The molecule has 20 heavy (non-hydrogen) atoms. The Labute approximate surface area is 118 Å². The number of likely N-dealkylation sites (tertiary alicyclic amines) is 1. The van der Waals surface area contributed by atoms with Gasteiger partial charge >= 0.3 is 6.03 Å². The lowest BCUT2D eigenvalue weighted by atomic mass is 10.0. The van der Waals surface area contributed by atoms with Crippen molar-refractivity contribution in [2.24, 2.45) is 0 Å². The lowest BCUT2D eigenvalue weighted by Crippen LogP contribution is -2.47. The lowest BCUT2D eigenvalue weighted by Gasteiger charge is -2.34. The number of carbonyl (C=O) groups is 2. The molecule has 1 aromatic carbocycles. The van der Waals surface area contributed by atoms with E-state index in [1.54, 1.807) is 30.0 Å². The number of aliphatic hydroxyl groups is 1. The van der Waals surface area contributed by atoms with Crippen LogP contribution in [-0.4, -0.2) is 41.5 Å². The number of nitrogens with one attached hydrogen (secondary N) is 1. The van der Waals surface area contributed by atoms with Gasteiger partial charge in [-0.2, -0.15) is 0 Å². The summed E-state index contributed by atoms with van der Waals surface area (Å²) in [4.78, 5) is 24.9. The fourth-order valence-electron chi connectivity index (χ4n) is 2.56. The van der Waals surface area contributed by atoms with E-state index in [1.165, 1.54) is 0 Å². The zero-order valence-electron chi connectivity index (χ0n) is 11.6. The fourth-order valence-corrected chi connectivity index (χ4v) is 2.56. The van der Waals surface area contributed by atoms with Gasteiger partial charge in [-0.3, -0.25) is 4.79 Å². The molecule has 1 aliphatic heterocycles. The monoisotopic (exact) mass is 276 g/mol. The summed E-state index contributed by atoms with van der Waals surface area (Å²) < 4.78 is 0. The molecule has 2 N–H and O–H groups in total. The number of nitrogens with zero attached hydrogens (tertiary/aromatic N) is 1. The highest BCUT2D eigenvalue weighted by Gasteiger charge is 2.26. The average Bonchev–Trinajstić information content (AvgIpc) is 2.49. The summed E-state index contributed by atoms with van der Waals surface area (Å²) in [5, 5.41) is 12.2. The van der Waals surface area contributed by atoms with Crippen LogP contribution in [0.1, 0.15) is 35.2 Å². The molecule has 2 rings (SSSR count). The van der Waals surface area contributed by atoms with Crippen LogP contribution in [0.3, 0.4) is 0 Å². The van der Waals surface area contributed by atoms with Gasteiger partial charge in [0, 0.05) is 17.8 Å². The first-order valence-electron chi connectivity index (χ1n) is 6.90. The number of carbonyl (C=O) groups excluding carboxylic acids is 2. The van der Waals surface area contributed by atoms with Crippen molar-refractivity contribution in [1.29, 1.82) is 0 Å². The summed E-state index contributed by atoms with van der Waals surface area (Å²) in [5.74, 6) is 0. The first kappa shape index (κ1) is 14.5. The SMILES string of the molecule is Cc1c(C=O)cccc1NC(=O)N1CCCCC1CO. The van der Waals surface area contributed by atoms with Crippen LogP contribution in [0.5, 0.6) is 0 Å². The normalized spacial score (nSPS) is 18.7. The highest BCUT2D eigenvalue weighted by molar-refractivity contribution is 5.92. The molecule has 0 aromatic heterocycles. The molecule has 1 fully saturated rings. The van der Waals surface area contributed by atoms with E-state index in [0.717, 1.165) is 31.1 Å². The van der Waals surface area contributed by atoms with Gasteiger partial charge in [-0.05, 0) is 37.8 Å². The zero-order chi connectivity index (χ0) is 14.5. The average molecular weight is 276 g/mol. The third-order valence-electron chi connectivity index (χ3n) is 3.84. The van der Waals surface area contributed by atoms with E-state index in [1.807, 2.05) is 0 Å². The quantitative estimate of drug-likeness (QED) is 0.831. The smallest absolute Gasteiger partial charge is 0.322 e. The first-order chi connectivity index (χ1) is 9.67. The summed E-state index contributed by atoms with van der Waals surface area (Å²) in [5.41, 5.74) is 1.97. The highest BCUT2D eigenvalue weighted by Crippen LogP contribution is 2.21. The molecule has 0 saturated carbocycles. The van der Waals surface area contributed by atoms with Crippen LogP contribution in [-0.2, 0) is 0 Å². The third kappa shape index (κ3) is 2.99. The van der Waals surface area contributed by atoms with Crippen molar-refractivity contribution in [2.45, 2.75) is 32.2 Å². The number of hydrogen-bond acceptors (Lipinski definition) is 3. The Morgan fingerprint density at radius 2 is 2.30 bits per heavy atom. The van der Waals surface area contributed by atoms with Crippen molar-refractivity contribution in [3.05, 3.63) is 29.3 Å². The van der Waals surface area contributed by atoms with E-state index in [4.69, 9.17) is 0 Å². The van der Waals surface area contributed by atoms with E-state index in [0.29, 0.717) is 17.8 Å². The van der Waals surface area contributed by atoms with Gasteiger partial charge in [0.25, 0.3) is 0 Å².